The summed E-state index contributed by atoms with van der Waals surface area (Å²) < 4.78 is 28.9. The Hall–Kier alpha value is -1.94. The Labute approximate surface area is 146 Å². The quantitative estimate of drug-likeness (QED) is 0.722. The largest absolute Gasteiger partial charge is 0.342 e. The van der Waals surface area contributed by atoms with Crippen molar-refractivity contribution in [3.8, 4) is 0 Å². The third kappa shape index (κ3) is 3.40. The lowest BCUT2D eigenvalue weighted by Crippen LogP contribution is -2.67. The summed E-state index contributed by atoms with van der Waals surface area (Å²) in [7, 11) is -2.06. The standard InChI is InChI=1S/C15H23N5O4S/c1-9(2)13-15(22)20-5-4-10(6-11(20)14(21)17-13)18-25(23,24)12-7-19(3)8-16-12/h7-11,13,18H,4-6H2,1-3H3,(H,17,21). The molecule has 0 aromatic carbocycles. The zero-order valence-corrected chi connectivity index (χ0v) is 15.3. The van der Waals surface area contributed by atoms with Crippen LogP contribution in [-0.2, 0) is 26.7 Å². The van der Waals surface area contributed by atoms with E-state index >= 15 is 0 Å². The van der Waals surface area contributed by atoms with Gasteiger partial charge in [0, 0.05) is 25.8 Å². The number of piperazine rings is 1. The highest BCUT2D eigenvalue weighted by molar-refractivity contribution is 7.89. The number of rotatable bonds is 4. The Balaban J connectivity index is 1.71. The molecular formula is C15H23N5O4S. The Morgan fingerprint density at radius 3 is 2.68 bits per heavy atom. The van der Waals surface area contributed by atoms with Crippen molar-refractivity contribution in [1.29, 1.82) is 0 Å². The first kappa shape index (κ1) is 17.9. The summed E-state index contributed by atoms with van der Waals surface area (Å²) >= 11 is 0. The molecule has 9 nitrogen and oxygen atoms in total. The van der Waals surface area contributed by atoms with Crippen molar-refractivity contribution in [2.24, 2.45) is 13.0 Å². The third-order valence-corrected chi connectivity index (χ3v) is 6.10. The summed E-state index contributed by atoms with van der Waals surface area (Å²) in [5, 5.41) is 2.71. The number of hydrogen-bond donors (Lipinski definition) is 2. The summed E-state index contributed by atoms with van der Waals surface area (Å²) in [4.78, 5) is 30.3. The van der Waals surface area contributed by atoms with Crippen LogP contribution in [0, 0.1) is 5.92 Å². The molecule has 1 aromatic rings. The number of nitrogens with one attached hydrogen (secondary N) is 2. The molecule has 3 atom stereocenters. The monoisotopic (exact) mass is 369 g/mol. The van der Waals surface area contributed by atoms with E-state index in [1.54, 1.807) is 16.5 Å². The molecule has 2 fully saturated rings. The summed E-state index contributed by atoms with van der Waals surface area (Å²) in [6.45, 7) is 4.13. The van der Waals surface area contributed by atoms with E-state index in [0.29, 0.717) is 13.0 Å². The number of aromatic nitrogens is 2. The highest BCUT2D eigenvalue weighted by Gasteiger charge is 2.45. The molecule has 1 aromatic heterocycles. The van der Waals surface area contributed by atoms with Crippen molar-refractivity contribution >= 4 is 21.8 Å². The lowest BCUT2D eigenvalue weighted by Gasteiger charge is -2.44. The predicted octanol–water partition coefficient (Wildman–Crippen LogP) is -0.788. The molecule has 3 heterocycles. The number of aryl methyl sites for hydroxylation is 1. The van der Waals surface area contributed by atoms with Crippen LogP contribution in [0.5, 0.6) is 0 Å². The van der Waals surface area contributed by atoms with Crippen LogP contribution in [0.2, 0.25) is 0 Å². The molecular weight excluding hydrogens is 346 g/mol. The van der Waals surface area contributed by atoms with Crippen molar-refractivity contribution in [1.82, 2.24) is 24.5 Å². The second-order valence-corrected chi connectivity index (χ2v) is 8.66. The number of carbonyl (C=O) groups is 2. The zero-order valence-electron chi connectivity index (χ0n) is 14.5. The van der Waals surface area contributed by atoms with Gasteiger partial charge >= 0.3 is 0 Å². The molecule has 0 saturated carbocycles. The van der Waals surface area contributed by atoms with Gasteiger partial charge in [0.05, 0.1) is 6.33 Å². The minimum absolute atomic E-state index is 0.0118. The van der Waals surface area contributed by atoms with Crippen LogP contribution < -0.4 is 10.0 Å². The maximum atomic E-state index is 12.5. The van der Waals surface area contributed by atoms with E-state index in [2.05, 4.69) is 15.0 Å². The van der Waals surface area contributed by atoms with Crippen molar-refractivity contribution in [3.63, 3.8) is 0 Å². The fourth-order valence-electron chi connectivity index (χ4n) is 3.33. The number of piperidine rings is 1. The average molecular weight is 369 g/mol. The summed E-state index contributed by atoms with van der Waals surface area (Å²) in [5.41, 5.74) is 0. The molecule has 0 radical (unpaired) electrons. The van der Waals surface area contributed by atoms with Gasteiger partial charge in [-0.05, 0) is 18.8 Å². The first-order valence-electron chi connectivity index (χ1n) is 8.30. The second-order valence-electron chi connectivity index (χ2n) is 7.00. The number of hydrogen-bond acceptors (Lipinski definition) is 5. The van der Waals surface area contributed by atoms with Crippen LogP contribution >= 0.6 is 0 Å². The van der Waals surface area contributed by atoms with Gasteiger partial charge in [0.1, 0.15) is 12.1 Å². The maximum Gasteiger partial charge on any atom is 0.259 e. The van der Waals surface area contributed by atoms with Gasteiger partial charge in [0.25, 0.3) is 10.0 Å². The maximum absolute atomic E-state index is 12.5. The molecule has 2 N–H and O–H groups in total. The molecule has 0 bridgehead atoms. The molecule has 3 unspecified atom stereocenters. The summed E-state index contributed by atoms with van der Waals surface area (Å²) in [6, 6.07) is -1.56. The lowest BCUT2D eigenvalue weighted by atomic mass is 9.91. The van der Waals surface area contributed by atoms with Gasteiger partial charge in [0.2, 0.25) is 11.8 Å². The van der Waals surface area contributed by atoms with E-state index in [4.69, 9.17) is 0 Å². The number of sulfonamides is 1. The highest BCUT2D eigenvalue weighted by atomic mass is 32.2. The minimum Gasteiger partial charge on any atom is -0.342 e. The number of amides is 2. The summed E-state index contributed by atoms with van der Waals surface area (Å²) in [6.07, 6.45) is 3.55. The molecule has 138 valence electrons. The molecule has 2 saturated heterocycles. The SMILES string of the molecule is CC(C)C1NC(=O)C2CC(NS(=O)(=O)c3cn(C)cn3)CCN2C1=O. The van der Waals surface area contributed by atoms with Crippen LogP contribution in [0.15, 0.2) is 17.6 Å². The van der Waals surface area contributed by atoms with E-state index in [1.807, 2.05) is 13.8 Å². The second kappa shape index (κ2) is 6.41. The van der Waals surface area contributed by atoms with Gasteiger partial charge < -0.3 is 14.8 Å². The van der Waals surface area contributed by atoms with Crippen LogP contribution in [-0.4, -0.2) is 59.4 Å². The van der Waals surface area contributed by atoms with Crippen molar-refractivity contribution in [2.75, 3.05) is 6.54 Å². The van der Waals surface area contributed by atoms with Crippen molar-refractivity contribution in [2.45, 2.75) is 49.8 Å². The van der Waals surface area contributed by atoms with Gasteiger partial charge in [-0.2, -0.15) is 0 Å². The van der Waals surface area contributed by atoms with E-state index in [1.165, 1.54) is 12.5 Å². The molecule has 0 aliphatic carbocycles. The Morgan fingerprint density at radius 2 is 2.08 bits per heavy atom. The molecule has 2 aliphatic heterocycles. The fraction of sp³-hybridized carbons (Fsp3) is 0.667. The zero-order chi connectivity index (χ0) is 18.4. The Kier molecular flexibility index (Phi) is 4.58. The number of fused-ring (bicyclic) bond motifs is 1. The smallest absolute Gasteiger partial charge is 0.259 e. The molecule has 0 spiro atoms. The number of nitrogens with zero attached hydrogens (tertiary/aromatic N) is 3. The van der Waals surface area contributed by atoms with Gasteiger partial charge in [-0.1, -0.05) is 13.8 Å². The van der Waals surface area contributed by atoms with Crippen LogP contribution in [0.3, 0.4) is 0 Å². The van der Waals surface area contributed by atoms with Crippen LogP contribution in [0.25, 0.3) is 0 Å². The highest BCUT2D eigenvalue weighted by Crippen LogP contribution is 2.25. The van der Waals surface area contributed by atoms with Crippen LogP contribution in [0.1, 0.15) is 26.7 Å². The first-order chi connectivity index (χ1) is 11.7. The number of imidazole rings is 1. The average Bonchev–Trinajstić information content (AvgIpc) is 2.97. The first-order valence-corrected chi connectivity index (χ1v) is 9.78. The van der Waals surface area contributed by atoms with Gasteiger partial charge in [-0.15, -0.1) is 0 Å². The lowest BCUT2D eigenvalue weighted by molar-refractivity contribution is -0.152. The molecule has 2 amide bonds. The van der Waals surface area contributed by atoms with Crippen molar-refractivity contribution < 1.29 is 18.0 Å². The van der Waals surface area contributed by atoms with E-state index in [0.717, 1.165) is 0 Å². The van der Waals surface area contributed by atoms with E-state index < -0.39 is 28.1 Å². The van der Waals surface area contributed by atoms with E-state index in [9.17, 15) is 18.0 Å². The predicted molar refractivity (Wildman–Crippen MR) is 88.8 cm³/mol. The van der Waals surface area contributed by atoms with Crippen LogP contribution in [0.4, 0.5) is 0 Å². The Bertz CT molecular complexity index is 788. The fourth-order valence-corrected chi connectivity index (χ4v) is 4.60. The minimum atomic E-state index is -3.75. The molecule has 25 heavy (non-hydrogen) atoms. The van der Waals surface area contributed by atoms with Gasteiger partial charge in [0.15, 0.2) is 5.03 Å². The van der Waals surface area contributed by atoms with Gasteiger partial charge in [-0.25, -0.2) is 18.1 Å². The topological polar surface area (TPSA) is 113 Å². The number of carbonyl (C=O) groups excluding carboxylic acids is 2. The molecule has 10 heteroatoms. The van der Waals surface area contributed by atoms with Gasteiger partial charge in [-0.3, -0.25) is 9.59 Å². The molecule has 3 rings (SSSR count). The normalized spacial score (nSPS) is 27.4. The summed E-state index contributed by atoms with van der Waals surface area (Å²) in [5.74, 6) is -0.302. The Morgan fingerprint density at radius 1 is 1.36 bits per heavy atom. The van der Waals surface area contributed by atoms with Crippen molar-refractivity contribution in [3.05, 3.63) is 12.5 Å². The molecule has 2 aliphatic rings. The third-order valence-electron chi connectivity index (χ3n) is 4.70. The van der Waals surface area contributed by atoms with E-state index in [-0.39, 0.29) is 29.2 Å².